The van der Waals surface area contributed by atoms with Crippen LogP contribution in [-0.4, -0.2) is 46.3 Å². The highest BCUT2D eigenvalue weighted by atomic mass is 35.5. The molecule has 3 aliphatic rings. The third-order valence-corrected chi connectivity index (χ3v) is 7.87. The topological polar surface area (TPSA) is 39.5 Å². The minimum atomic E-state index is -0.258. The first kappa shape index (κ1) is 20.3. The first-order valence-electron chi connectivity index (χ1n) is 11.2. The minimum Gasteiger partial charge on any atom is -0.487 e. The van der Waals surface area contributed by atoms with E-state index < -0.39 is 0 Å². The number of aromatic nitrogens is 2. The summed E-state index contributed by atoms with van der Waals surface area (Å²) in [5.41, 5.74) is 1.17. The van der Waals surface area contributed by atoms with Crippen LogP contribution in [0.25, 0.3) is 0 Å². The molecule has 162 valence electrons. The Morgan fingerprint density at radius 2 is 2.00 bits per heavy atom. The monoisotopic (exact) mass is 429 g/mol. The molecule has 0 saturated carbocycles. The van der Waals surface area contributed by atoms with E-state index in [1.165, 1.54) is 19.3 Å². The van der Waals surface area contributed by atoms with E-state index in [0.29, 0.717) is 10.9 Å². The summed E-state index contributed by atoms with van der Waals surface area (Å²) in [6.07, 6.45) is 7.63. The summed E-state index contributed by atoms with van der Waals surface area (Å²) in [5.74, 6) is 2.34. The van der Waals surface area contributed by atoms with Crippen LogP contribution in [0.15, 0.2) is 30.6 Å². The van der Waals surface area contributed by atoms with Gasteiger partial charge >= 0.3 is 0 Å². The number of ether oxygens (including phenoxy) is 2. The van der Waals surface area contributed by atoms with Crippen LogP contribution in [0.4, 0.5) is 0 Å². The largest absolute Gasteiger partial charge is 0.487 e. The molecule has 4 heterocycles. The Labute approximate surface area is 184 Å². The zero-order valence-corrected chi connectivity index (χ0v) is 19.0. The van der Waals surface area contributed by atoms with E-state index in [-0.39, 0.29) is 17.1 Å². The molecule has 0 N–H and O–H groups in total. The van der Waals surface area contributed by atoms with Gasteiger partial charge in [0.05, 0.1) is 12.7 Å². The number of halogens is 1. The van der Waals surface area contributed by atoms with Crippen molar-refractivity contribution in [3.8, 4) is 5.75 Å². The van der Waals surface area contributed by atoms with Gasteiger partial charge in [-0.25, -0.2) is 4.98 Å². The smallest absolute Gasteiger partial charge is 0.127 e. The van der Waals surface area contributed by atoms with E-state index in [9.17, 15) is 0 Å². The zero-order chi connectivity index (χ0) is 20.9. The molecule has 2 atom stereocenters. The molecule has 2 saturated heterocycles. The van der Waals surface area contributed by atoms with Crippen LogP contribution in [0.5, 0.6) is 5.75 Å². The van der Waals surface area contributed by atoms with E-state index in [2.05, 4.69) is 47.5 Å². The number of piperidine rings is 1. The van der Waals surface area contributed by atoms with E-state index in [1.807, 2.05) is 18.3 Å². The molecule has 0 bridgehead atoms. The summed E-state index contributed by atoms with van der Waals surface area (Å²) in [5, 5.41) is 0.716. The summed E-state index contributed by atoms with van der Waals surface area (Å²) in [6.45, 7) is 11.7. The first-order chi connectivity index (χ1) is 14.4. The van der Waals surface area contributed by atoms with Crippen LogP contribution in [-0.2, 0) is 11.3 Å². The van der Waals surface area contributed by atoms with Gasteiger partial charge in [0.25, 0.3) is 0 Å². The lowest BCUT2D eigenvalue weighted by atomic mass is 9.64. The van der Waals surface area contributed by atoms with Gasteiger partial charge < -0.3 is 18.9 Å². The van der Waals surface area contributed by atoms with E-state index in [4.69, 9.17) is 21.1 Å². The van der Waals surface area contributed by atoms with E-state index >= 15 is 0 Å². The Morgan fingerprint density at radius 1 is 1.20 bits per heavy atom. The second kappa shape index (κ2) is 7.54. The fourth-order valence-electron chi connectivity index (χ4n) is 5.61. The van der Waals surface area contributed by atoms with Gasteiger partial charge in [-0.15, -0.1) is 0 Å². The van der Waals surface area contributed by atoms with Crippen LogP contribution >= 0.6 is 11.6 Å². The lowest BCUT2D eigenvalue weighted by Crippen LogP contribution is -2.54. The molecule has 0 aliphatic carbocycles. The lowest BCUT2D eigenvalue weighted by molar-refractivity contribution is -0.174. The van der Waals surface area contributed by atoms with Crippen molar-refractivity contribution < 1.29 is 9.47 Å². The zero-order valence-electron chi connectivity index (χ0n) is 18.2. The van der Waals surface area contributed by atoms with E-state index in [0.717, 1.165) is 49.9 Å². The predicted molar refractivity (Wildman–Crippen MR) is 118 cm³/mol. The van der Waals surface area contributed by atoms with Gasteiger partial charge in [0.1, 0.15) is 17.2 Å². The number of hydrogen-bond donors (Lipinski definition) is 0. The maximum atomic E-state index is 6.59. The normalized spacial score (nSPS) is 27.3. The number of rotatable bonds is 3. The van der Waals surface area contributed by atoms with Crippen LogP contribution in [0.1, 0.15) is 50.6 Å². The minimum absolute atomic E-state index is 0.105. The van der Waals surface area contributed by atoms with Gasteiger partial charge in [-0.1, -0.05) is 17.7 Å². The van der Waals surface area contributed by atoms with Crippen molar-refractivity contribution in [1.29, 1.82) is 0 Å². The Balaban J connectivity index is 1.25. The maximum absolute atomic E-state index is 6.59. The molecule has 6 heteroatoms. The summed E-state index contributed by atoms with van der Waals surface area (Å²) in [6, 6.07) is 5.97. The Hall–Kier alpha value is -1.56. The third-order valence-electron chi connectivity index (χ3n) is 7.63. The number of nitrogens with zero attached hydrogens (tertiary/aromatic N) is 3. The molecule has 5 nitrogen and oxygen atoms in total. The van der Waals surface area contributed by atoms with Gasteiger partial charge in [0, 0.05) is 42.0 Å². The number of hydrogen-bond acceptors (Lipinski definition) is 4. The van der Waals surface area contributed by atoms with Crippen molar-refractivity contribution in [3.05, 3.63) is 47.0 Å². The standard InChI is InChI=1S/C24H32ClN3O2/c1-17-26-8-11-28(17)13-12-27-9-6-24(7-10-27)15-20-22(29-16-24)19-5-4-18(25)14-21(19)30-23(20,2)3/h4-5,8,11,14,20,22H,6-7,9-10,12-13,15-16H2,1-3H3/t20-,22+/m1/s1. The van der Waals surface area contributed by atoms with Gasteiger partial charge in [-0.2, -0.15) is 0 Å². The predicted octanol–water partition coefficient (Wildman–Crippen LogP) is 4.88. The molecule has 0 unspecified atom stereocenters. The Morgan fingerprint density at radius 3 is 2.73 bits per heavy atom. The van der Waals surface area contributed by atoms with Crippen molar-refractivity contribution in [2.75, 3.05) is 26.2 Å². The highest BCUT2D eigenvalue weighted by molar-refractivity contribution is 6.30. The highest BCUT2D eigenvalue weighted by Gasteiger charge is 2.52. The molecule has 2 aromatic rings. The number of aryl methyl sites for hydroxylation is 1. The van der Waals surface area contributed by atoms with Gasteiger partial charge in [-0.3, -0.25) is 0 Å². The van der Waals surface area contributed by atoms with E-state index in [1.54, 1.807) is 0 Å². The second-order valence-electron chi connectivity index (χ2n) is 9.94. The third kappa shape index (κ3) is 3.65. The maximum Gasteiger partial charge on any atom is 0.127 e. The average molecular weight is 430 g/mol. The number of imidazole rings is 1. The van der Waals surface area contributed by atoms with Crippen LogP contribution in [0.2, 0.25) is 5.02 Å². The molecule has 30 heavy (non-hydrogen) atoms. The highest BCUT2D eigenvalue weighted by Crippen LogP contribution is 2.55. The van der Waals surface area contributed by atoms with Gasteiger partial charge in [0.2, 0.25) is 0 Å². The quantitative estimate of drug-likeness (QED) is 0.697. The molecule has 1 aromatic heterocycles. The summed E-state index contributed by atoms with van der Waals surface area (Å²) in [7, 11) is 0. The van der Waals surface area contributed by atoms with Crippen LogP contribution in [0.3, 0.4) is 0 Å². The fraction of sp³-hybridized carbons (Fsp3) is 0.625. The molecule has 0 radical (unpaired) electrons. The first-order valence-corrected chi connectivity index (χ1v) is 11.5. The van der Waals surface area contributed by atoms with Crippen molar-refractivity contribution >= 4 is 11.6 Å². The number of fused-ring (bicyclic) bond motifs is 3. The number of benzene rings is 1. The Bertz CT molecular complexity index is 917. The number of likely N-dealkylation sites (tertiary alicyclic amines) is 1. The molecule has 2 fully saturated rings. The summed E-state index contributed by atoms with van der Waals surface area (Å²) in [4.78, 5) is 6.92. The van der Waals surface area contributed by atoms with Crippen molar-refractivity contribution in [3.63, 3.8) is 0 Å². The molecular formula is C24H32ClN3O2. The van der Waals surface area contributed by atoms with Crippen molar-refractivity contribution in [2.45, 2.75) is 58.3 Å². The molecule has 0 amide bonds. The molecule has 5 rings (SSSR count). The molecule has 1 aromatic carbocycles. The van der Waals surface area contributed by atoms with Crippen LogP contribution in [0, 0.1) is 18.3 Å². The lowest BCUT2D eigenvalue weighted by Gasteiger charge is -2.54. The second-order valence-corrected chi connectivity index (χ2v) is 10.4. The molecular weight excluding hydrogens is 398 g/mol. The fourth-order valence-corrected chi connectivity index (χ4v) is 5.77. The van der Waals surface area contributed by atoms with Gasteiger partial charge in [-0.05, 0) is 70.7 Å². The molecule has 1 spiro atoms. The van der Waals surface area contributed by atoms with Gasteiger partial charge in [0.15, 0.2) is 0 Å². The summed E-state index contributed by atoms with van der Waals surface area (Å²) >= 11 is 6.21. The van der Waals surface area contributed by atoms with Crippen molar-refractivity contribution in [2.24, 2.45) is 11.3 Å². The van der Waals surface area contributed by atoms with Crippen molar-refractivity contribution in [1.82, 2.24) is 14.5 Å². The summed E-state index contributed by atoms with van der Waals surface area (Å²) < 4.78 is 15.3. The molecule has 3 aliphatic heterocycles. The average Bonchev–Trinajstić information content (AvgIpc) is 3.12. The Kier molecular flexibility index (Phi) is 5.11. The van der Waals surface area contributed by atoms with Crippen LogP contribution < -0.4 is 4.74 Å². The SMILES string of the molecule is Cc1nccn1CCN1CCC2(CC1)CO[C@H]1c3ccc(Cl)cc3OC(C)(C)[C@@H]1C2.